The van der Waals surface area contributed by atoms with Crippen LogP contribution in [0.4, 0.5) is 5.69 Å². The normalized spacial score (nSPS) is 13.7. The van der Waals surface area contributed by atoms with E-state index in [0.717, 1.165) is 28.7 Å². The lowest BCUT2D eigenvalue weighted by atomic mass is 10.0. The number of rotatable bonds is 4. The van der Waals surface area contributed by atoms with Gasteiger partial charge >= 0.3 is 5.69 Å². The van der Waals surface area contributed by atoms with Gasteiger partial charge in [-0.3, -0.25) is 18.7 Å². The topological polar surface area (TPSA) is 78.5 Å². The molecule has 0 radical (unpaired) electrons. The summed E-state index contributed by atoms with van der Waals surface area (Å²) in [5, 5.41) is 0.347. The quantitative estimate of drug-likeness (QED) is 0.666. The fourth-order valence-corrected chi connectivity index (χ4v) is 4.11. The molecule has 0 N–H and O–H groups in total. The van der Waals surface area contributed by atoms with Gasteiger partial charge in [-0.25, -0.2) is 4.79 Å². The monoisotopic (exact) mass is 396 g/mol. The van der Waals surface area contributed by atoms with Gasteiger partial charge in [-0.2, -0.15) is 0 Å². The van der Waals surface area contributed by atoms with Crippen LogP contribution < -0.4 is 16.1 Å². The number of anilines is 1. The molecule has 1 aliphatic rings. The number of aryl methyl sites for hydroxylation is 2. The number of carbonyl (C=O) groups excluding carboxylic acids is 1. The number of carbonyl (C=O) groups is 1. The SMILES string of the molecule is COCCn1c(C(=O)N2CCCc3ccccc32)cc2c(=O)n(C)c(=O)n(C)c21. The molecule has 8 heteroatoms. The Labute approximate surface area is 167 Å². The third-order valence-corrected chi connectivity index (χ3v) is 5.59. The molecule has 152 valence electrons. The molecule has 0 atom stereocenters. The highest BCUT2D eigenvalue weighted by molar-refractivity contribution is 6.08. The number of methoxy groups -OCH3 is 1. The molecule has 1 amide bonds. The lowest BCUT2D eigenvalue weighted by molar-refractivity contribution is 0.0974. The van der Waals surface area contributed by atoms with Crippen molar-refractivity contribution in [3.63, 3.8) is 0 Å². The summed E-state index contributed by atoms with van der Waals surface area (Å²) >= 11 is 0. The van der Waals surface area contributed by atoms with E-state index < -0.39 is 11.2 Å². The van der Waals surface area contributed by atoms with Gasteiger partial charge in [-0.05, 0) is 30.5 Å². The van der Waals surface area contributed by atoms with Crippen LogP contribution in [0.15, 0.2) is 39.9 Å². The first-order valence-electron chi connectivity index (χ1n) is 9.63. The van der Waals surface area contributed by atoms with E-state index in [2.05, 4.69) is 0 Å². The number of hydrogen-bond acceptors (Lipinski definition) is 4. The summed E-state index contributed by atoms with van der Waals surface area (Å²) in [7, 11) is 4.63. The van der Waals surface area contributed by atoms with Crippen molar-refractivity contribution in [3.8, 4) is 0 Å². The number of nitrogens with zero attached hydrogens (tertiary/aromatic N) is 4. The molecule has 0 unspecified atom stereocenters. The Hall–Kier alpha value is -3.13. The van der Waals surface area contributed by atoms with E-state index in [-0.39, 0.29) is 5.91 Å². The molecule has 0 aliphatic carbocycles. The van der Waals surface area contributed by atoms with Crippen LogP contribution in [0.25, 0.3) is 11.0 Å². The zero-order valence-electron chi connectivity index (χ0n) is 16.8. The van der Waals surface area contributed by atoms with E-state index in [1.54, 1.807) is 29.7 Å². The van der Waals surface area contributed by atoms with E-state index in [1.807, 2.05) is 24.3 Å². The largest absolute Gasteiger partial charge is 0.383 e. The summed E-state index contributed by atoms with van der Waals surface area (Å²) in [4.78, 5) is 40.5. The van der Waals surface area contributed by atoms with E-state index in [1.165, 1.54) is 11.6 Å². The van der Waals surface area contributed by atoms with Gasteiger partial charge in [0, 0.05) is 40.0 Å². The van der Waals surface area contributed by atoms with Gasteiger partial charge in [-0.1, -0.05) is 18.2 Å². The second-order valence-electron chi connectivity index (χ2n) is 7.31. The van der Waals surface area contributed by atoms with Gasteiger partial charge in [0.05, 0.1) is 12.0 Å². The maximum Gasteiger partial charge on any atom is 0.332 e. The maximum atomic E-state index is 13.6. The minimum atomic E-state index is -0.429. The molecule has 8 nitrogen and oxygen atoms in total. The Kier molecular flexibility index (Phi) is 4.87. The average Bonchev–Trinajstić information content (AvgIpc) is 3.13. The van der Waals surface area contributed by atoms with Crippen molar-refractivity contribution in [3.05, 3.63) is 62.4 Å². The molecule has 4 rings (SSSR count). The van der Waals surface area contributed by atoms with E-state index in [4.69, 9.17) is 4.74 Å². The van der Waals surface area contributed by atoms with Crippen LogP contribution in [-0.4, -0.2) is 39.9 Å². The predicted octanol–water partition coefficient (Wildman–Crippen LogP) is 1.28. The predicted molar refractivity (Wildman–Crippen MR) is 111 cm³/mol. The van der Waals surface area contributed by atoms with E-state index in [9.17, 15) is 14.4 Å². The van der Waals surface area contributed by atoms with Crippen LogP contribution in [-0.2, 0) is 31.8 Å². The molecule has 0 fully saturated rings. The summed E-state index contributed by atoms with van der Waals surface area (Å²) in [6.07, 6.45) is 1.81. The Bertz CT molecular complexity index is 1220. The van der Waals surface area contributed by atoms with Crippen molar-refractivity contribution in [2.24, 2.45) is 14.1 Å². The van der Waals surface area contributed by atoms with Crippen molar-refractivity contribution >= 4 is 22.6 Å². The van der Waals surface area contributed by atoms with Crippen molar-refractivity contribution < 1.29 is 9.53 Å². The maximum absolute atomic E-state index is 13.6. The van der Waals surface area contributed by atoms with Crippen molar-refractivity contribution in [1.82, 2.24) is 13.7 Å². The first kappa shape index (κ1) is 19.2. The zero-order chi connectivity index (χ0) is 20.7. The average molecular weight is 396 g/mol. The molecular weight excluding hydrogens is 372 g/mol. The number of aromatic nitrogens is 3. The van der Waals surface area contributed by atoms with Crippen LogP contribution >= 0.6 is 0 Å². The highest BCUT2D eigenvalue weighted by atomic mass is 16.5. The second-order valence-corrected chi connectivity index (χ2v) is 7.31. The first-order chi connectivity index (χ1) is 14.0. The Morgan fingerprint density at radius 1 is 1.14 bits per heavy atom. The number of fused-ring (bicyclic) bond motifs is 2. The Morgan fingerprint density at radius 3 is 2.66 bits per heavy atom. The van der Waals surface area contributed by atoms with E-state index in [0.29, 0.717) is 36.4 Å². The lowest BCUT2D eigenvalue weighted by Gasteiger charge is -2.29. The molecule has 1 aromatic carbocycles. The molecule has 1 aliphatic heterocycles. The third kappa shape index (κ3) is 3.00. The number of para-hydroxylation sites is 1. The van der Waals surface area contributed by atoms with Crippen LogP contribution in [0.5, 0.6) is 0 Å². The standard InChI is InChI=1S/C21H24N4O4/c1-22-18-15(19(26)23(2)21(22)28)13-17(24(18)11-12-29-3)20(27)25-10-6-8-14-7-4-5-9-16(14)25/h4-5,7,9,13H,6,8,10-12H2,1-3H3. The van der Waals surface area contributed by atoms with Crippen molar-refractivity contribution in [2.45, 2.75) is 19.4 Å². The number of hydrogen-bond donors (Lipinski definition) is 0. The second kappa shape index (κ2) is 7.36. The van der Waals surface area contributed by atoms with Crippen LogP contribution in [0, 0.1) is 0 Å². The van der Waals surface area contributed by atoms with Crippen molar-refractivity contribution in [2.75, 3.05) is 25.2 Å². The van der Waals surface area contributed by atoms with Gasteiger partial charge in [0.25, 0.3) is 11.5 Å². The molecule has 0 spiro atoms. The molecule has 2 aromatic heterocycles. The smallest absolute Gasteiger partial charge is 0.332 e. The van der Waals surface area contributed by atoms with Crippen LogP contribution in [0.1, 0.15) is 22.5 Å². The van der Waals surface area contributed by atoms with Gasteiger partial charge in [-0.15, -0.1) is 0 Å². The highest BCUT2D eigenvalue weighted by Gasteiger charge is 2.28. The van der Waals surface area contributed by atoms with Crippen LogP contribution in [0.2, 0.25) is 0 Å². The zero-order valence-corrected chi connectivity index (χ0v) is 16.8. The molecule has 0 saturated carbocycles. The lowest BCUT2D eigenvalue weighted by Crippen LogP contribution is -2.38. The fraction of sp³-hybridized carbons (Fsp3) is 0.381. The van der Waals surface area contributed by atoms with Gasteiger partial charge in [0.2, 0.25) is 0 Å². The summed E-state index contributed by atoms with van der Waals surface area (Å²) in [6.45, 7) is 1.32. The molecule has 0 bridgehead atoms. The van der Waals surface area contributed by atoms with Gasteiger partial charge < -0.3 is 14.2 Å². The molecule has 29 heavy (non-hydrogen) atoms. The summed E-state index contributed by atoms with van der Waals surface area (Å²) in [5.74, 6) is -0.182. The van der Waals surface area contributed by atoms with Crippen molar-refractivity contribution in [1.29, 1.82) is 0 Å². The number of amides is 1. The minimum absolute atomic E-state index is 0.182. The first-order valence-corrected chi connectivity index (χ1v) is 9.63. The summed E-state index contributed by atoms with van der Waals surface area (Å²) in [6, 6.07) is 9.48. The highest BCUT2D eigenvalue weighted by Crippen LogP contribution is 2.29. The minimum Gasteiger partial charge on any atom is -0.383 e. The Morgan fingerprint density at radius 2 is 1.90 bits per heavy atom. The molecule has 0 saturated heterocycles. The third-order valence-electron chi connectivity index (χ3n) is 5.59. The Balaban J connectivity index is 1.93. The number of ether oxygens (including phenoxy) is 1. The molecule has 3 heterocycles. The molecule has 3 aromatic rings. The van der Waals surface area contributed by atoms with E-state index >= 15 is 0 Å². The summed E-state index contributed by atoms with van der Waals surface area (Å²) in [5.41, 5.74) is 2.01. The van der Waals surface area contributed by atoms with Gasteiger partial charge in [0.1, 0.15) is 11.3 Å². The van der Waals surface area contributed by atoms with Crippen LogP contribution in [0.3, 0.4) is 0 Å². The molecular formula is C21H24N4O4. The van der Waals surface area contributed by atoms with Gasteiger partial charge in [0.15, 0.2) is 0 Å². The summed E-state index contributed by atoms with van der Waals surface area (Å²) < 4.78 is 9.40. The number of benzene rings is 1. The fourth-order valence-electron chi connectivity index (χ4n) is 4.11.